The number of carboxylic acid groups (broad SMARTS) is 1. The number of amides is 2. The summed E-state index contributed by atoms with van der Waals surface area (Å²) < 4.78 is 11.1. The zero-order valence-electron chi connectivity index (χ0n) is 20.0. The SMILES string of the molecule is CC(C)[C@H](CC(=O)NC[C@@H]1C[C@H](C(=O)O)CO1)NC(=O)OCC1c2ccccc2-c2ccccc21. The van der Waals surface area contributed by atoms with Crippen LogP contribution < -0.4 is 10.6 Å². The lowest BCUT2D eigenvalue weighted by molar-refractivity contribution is -0.141. The number of benzene rings is 2. The maximum absolute atomic E-state index is 12.6. The zero-order valence-corrected chi connectivity index (χ0v) is 20.0. The van der Waals surface area contributed by atoms with Gasteiger partial charge in [0.15, 0.2) is 0 Å². The highest BCUT2D eigenvalue weighted by atomic mass is 16.5. The lowest BCUT2D eigenvalue weighted by Crippen LogP contribution is -2.43. The maximum Gasteiger partial charge on any atom is 0.407 e. The number of nitrogens with one attached hydrogen (secondary N) is 2. The molecule has 8 heteroatoms. The monoisotopic (exact) mass is 480 g/mol. The molecule has 3 atom stereocenters. The Bertz CT molecular complexity index is 1040. The minimum Gasteiger partial charge on any atom is -0.481 e. The molecule has 3 N–H and O–H groups in total. The molecule has 0 saturated carbocycles. The molecule has 0 bridgehead atoms. The quantitative estimate of drug-likeness (QED) is 0.506. The molecule has 0 radical (unpaired) electrons. The lowest BCUT2D eigenvalue weighted by atomic mass is 9.98. The van der Waals surface area contributed by atoms with Crippen LogP contribution in [0.5, 0.6) is 0 Å². The van der Waals surface area contributed by atoms with Crippen LogP contribution in [0.25, 0.3) is 11.1 Å². The number of carbonyl (C=O) groups excluding carboxylic acids is 2. The number of alkyl carbamates (subject to hydrolysis) is 1. The molecular formula is C27H32N2O6. The summed E-state index contributed by atoms with van der Waals surface area (Å²) in [6, 6.07) is 15.9. The summed E-state index contributed by atoms with van der Waals surface area (Å²) in [5.41, 5.74) is 4.60. The van der Waals surface area contributed by atoms with Crippen molar-refractivity contribution < 1.29 is 29.0 Å². The summed E-state index contributed by atoms with van der Waals surface area (Å²) in [5, 5.41) is 14.7. The first-order chi connectivity index (χ1) is 16.8. The fourth-order valence-electron chi connectivity index (χ4n) is 4.76. The Morgan fingerprint density at radius 1 is 1.06 bits per heavy atom. The summed E-state index contributed by atoms with van der Waals surface area (Å²) >= 11 is 0. The number of hydrogen-bond acceptors (Lipinski definition) is 5. The first-order valence-corrected chi connectivity index (χ1v) is 12.1. The van der Waals surface area contributed by atoms with Gasteiger partial charge in [-0.1, -0.05) is 62.4 Å². The Kier molecular flexibility index (Phi) is 7.70. The van der Waals surface area contributed by atoms with Crippen LogP contribution in [-0.4, -0.2) is 55.0 Å². The minimum absolute atomic E-state index is 0.0142. The van der Waals surface area contributed by atoms with Crippen molar-refractivity contribution in [3.8, 4) is 11.1 Å². The van der Waals surface area contributed by atoms with Crippen LogP contribution in [0.4, 0.5) is 4.79 Å². The summed E-state index contributed by atoms with van der Waals surface area (Å²) in [4.78, 5) is 36.2. The average Bonchev–Trinajstić information content (AvgIpc) is 3.44. The van der Waals surface area contributed by atoms with Gasteiger partial charge in [-0.2, -0.15) is 0 Å². The second-order valence-electron chi connectivity index (χ2n) is 9.55. The molecule has 186 valence electrons. The molecule has 1 saturated heterocycles. The molecule has 0 spiro atoms. The number of rotatable bonds is 9. The van der Waals surface area contributed by atoms with E-state index in [9.17, 15) is 14.4 Å². The fraction of sp³-hybridized carbons (Fsp3) is 0.444. The first-order valence-electron chi connectivity index (χ1n) is 12.1. The highest BCUT2D eigenvalue weighted by Crippen LogP contribution is 2.44. The first kappa shape index (κ1) is 24.7. The van der Waals surface area contributed by atoms with E-state index in [0.717, 1.165) is 22.3 Å². The van der Waals surface area contributed by atoms with Crippen molar-refractivity contribution in [2.45, 2.75) is 44.8 Å². The van der Waals surface area contributed by atoms with E-state index < -0.39 is 24.0 Å². The van der Waals surface area contributed by atoms with Gasteiger partial charge >= 0.3 is 12.1 Å². The van der Waals surface area contributed by atoms with E-state index in [1.807, 2.05) is 38.1 Å². The van der Waals surface area contributed by atoms with Gasteiger partial charge < -0.3 is 25.2 Å². The minimum atomic E-state index is -0.883. The molecule has 0 unspecified atom stereocenters. The smallest absolute Gasteiger partial charge is 0.407 e. The van der Waals surface area contributed by atoms with Gasteiger partial charge in [0.1, 0.15) is 6.61 Å². The van der Waals surface area contributed by atoms with Gasteiger partial charge in [-0.25, -0.2) is 4.79 Å². The molecule has 4 rings (SSSR count). The Morgan fingerprint density at radius 2 is 1.69 bits per heavy atom. The maximum atomic E-state index is 12.6. The third-order valence-electron chi connectivity index (χ3n) is 6.81. The fourth-order valence-corrected chi connectivity index (χ4v) is 4.76. The Morgan fingerprint density at radius 3 is 2.26 bits per heavy atom. The molecule has 1 fully saturated rings. The number of ether oxygens (including phenoxy) is 2. The van der Waals surface area contributed by atoms with Gasteiger partial charge in [0.2, 0.25) is 5.91 Å². The Hall–Kier alpha value is -3.39. The van der Waals surface area contributed by atoms with Gasteiger partial charge in [0.05, 0.1) is 18.6 Å². The molecule has 1 aliphatic carbocycles. The van der Waals surface area contributed by atoms with Crippen LogP contribution in [0.3, 0.4) is 0 Å². The predicted molar refractivity (Wildman–Crippen MR) is 130 cm³/mol. The summed E-state index contributed by atoms with van der Waals surface area (Å²) in [6.07, 6.45) is -0.396. The number of carboxylic acids is 1. The molecular weight excluding hydrogens is 448 g/mol. The molecule has 1 heterocycles. The van der Waals surface area contributed by atoms with Crippen LogP contribution >= 0.6 is 0 Å². The highest BCUT2D eigenvalue weighted by molar-refractivity contribution is 5.79. The lowest BCUT2D eigenvalue weighted by Gasteiger charge is -2.23. The van der Waals surface area contributed by atoms with E-state index >= 15 is 0 Å². The number of aliphatic carboxylic acids is 1. The van der Waals surface area contributed by atoms with Crippen molar-refractivity contribution in [1.82, 2.24) is 10.6 Å². The van der Waals surface area contributed by atoms with E-state index in [0.29, 0.717) is 6.42 Å². The van der Waals surface area contributed by atoms with Crippen LogP contribution in [0.2, 0.25) is 0 Å². The van der Waals surface area contributed by atoms with Gasteiger partial charge in [0, 0.05) is 24.9 Å². The molecule has 35 heavy (non-hydrogen) atoms. The molecule has 2 aromatic carbocycles. The third kappa shape index (κ3) is 5.82. The molecule has 2 aromatic rings. The van der Waals surface area contributed by atoms with Crippen LogP contribution in [0.15, 0.2) is 48.5 Å². The van der Waals surface area contributed by atoms with Crippen molar-refractivity contribution in [3.63, 3.8) is 0 Å². The Balaban J connectivity index is 1.28. The van der Waals surface area contributed by atoms with Crippen LogP contribution in [-0.2, 0) is 19.1 Å². The van der Waals surface area contributed by atoms with E-state index in [4.69, 9.17) is 14.6 Å². The van der Waals surface area contributed by atoms with Crippen molar-refractivity contribution >= 4 is 18.0 Å². The molecule has 2 aliphatic rings. The van der Waals surface area contributed by atoms with E-state index in [-0.39, 0.29) is 50.0 Å². The van der Waals surface area contributed by atoms with Crippen molar-refractivity contribution in [1.29, 1.82) is 0 Å². The zero-order chi connectivity index (χ0) is 24.9. The second-order valence-corrected chi connectivity index (χ2v) is 9.55. The highest BCUT2D eigenvalue weighted by Gasteiger charge is 2.32. The average molecular weight is 481 g/mol. The van der Waals surface area contributed by atoms with E-state index in [2.05, 4.69) is 34.9 Å². The second kappa shape index (κ2) is 10.9. The number of fused-ring (bicyclic) bond motifs is 3. The van der Waals surface area contributed by atoms with Gasteiger partial charge in [-0.15, -0.1) is 0 Å². The number of hydrogen-bond donors (Lipinski definition) is 3. The Labute approximate surface area is 205 Å². The normalized spacial score (nSPS) is 19.6. The van der Waals surface area contributed by atoms with Gasteiger partial charge in [0.25, 0.3) is 0 Å². The van der Waals surface area contributed by atoms with Crippen molar-refractivity contribution in [2.75, 3.05) is 19.8 Å². The molecule has 2 amide bonds. The third-order valence-corrected chi connectivity index (χ3v) is 6.81. The summed E-state index contributed by atoms with van der Waals surface area (Å²) in [6.45, 7) is 4.48. The van der Waals surface area contributed by atoms with Gasteiger partial charge in [-0.05, 0) is 34.6 Å². The number of carbonyl (C=O) groups is 3. The predicted octanol–water partition coefficient (Wildman–Crippen LogP) is 3.55. The summed E-state index contributed by atoms with van der Waals surface area (Å²) in [5.74, 6) is -1.66. The van der Waals surface area contributed by atoms with Crippen molar-refractivity contribution in [3.05, 3.63) is 59.7 Å². The standard InChI is InChI=1S/C27H32N2O6/c1-16(2)24(12-25(30)28-13-18-11-17(14-34-18)26(31)32)29-27(33)35-15-23-21-9-5-3-7-19(21)20-8-4-6-10-22(20)23/h3-10,16-18,23-24H,11-15H2,1-2H3,(H,28,30)(H,29,33)(H,31,32)/t17-,18-,24-/m0/s1. The summed E-state index contributed by atoms with van der Waals surface area (Å²) in [7, 11) is 0. The van der Waals surface area contributed by atoms with Gasteiger partial charge in [-0.3, -0.25) is 9.59 Å². The van der Waals surface area contributed by atoms with Crippen molar-refractivity contribution in [2.24, 2.45) is 11.8 Å². The van der Waals surface area contributed by atoms with Crippen LogP contribution in [0.1, 0.15) is 43.7 Å². The molecule has 8 nitrogen and oxygen atoms in total. The van der Waals surface area contributed by atoms with Crippen LogP contribution in [0, 0.1) is 11.8 Å². The molecule has 0 aromatic heterocycles. The van der Waals surface area contributed by atoms with E-state index in [1.54, 1.807) is 0 Å². The molecule has 1 aliphatic heterocycles. The van der Waals surface area contributed by atoms with E-state index in [1.165, 1.54) is 0 Å². The largest absolute Gasteiger partial charge is 0.481 e. The topological polar surface area (TPSA) is 114 Å².